The van der Waals surface area contributed by atoms with Crippen molar-refractivity contribution in [2.75, 3.05) is 11.2 Å². The van der Waals surface area contributed by atoms with Crippen molar-refractivity contribution in [2.45, 2.75) is 13.3 Å². The van der Waals surface area contributed by atoms with Crippen molar-refractivity contribution in [1.82, 2.24) is 4.98 Å². The van der Waals surface area contributed by atoms with Gasteiger partial charge in [0.1, 0.15) is 11.7 Å². The minimum Gasteiger partial charge on any atom is -0.323 e. The fraction of sp³-hybridized carbons (Fsp3) is 0.333. The Morgan fingerprint density at radius 3 is 3.00 bits per heavy atom. The maximum Gasteiger partial charge on any atom is 0.239 e. The van der Waals surface area contributed by atoms with E-state index < -0.39 is 5.82 Å². The van der Waals surface area contributed by atoms with Gasteiger partial charge in [-0.05, 0) is 6.42 Å². The summed E-state index contributed by atoms with van der Waals surface area (Å²) >= 11 is 5.31. The largest absolute Gasteiger partial charge is 0.323 e. The zero-order valence-electron chi connectivity index (χ0n) is 7.68. The lowest BCUT2D eigenvalue weighted by molar-refractivity contribution is -0.113. The van der Waals surface area contributed by atoms with E-state index in [1.807, 2.05) is 6.92 Å². The number of amides is 1. The molecule has 76 valence electrons. The second-order valence-corrected chi connectivity index (χ2v) is 2.95. The van der Waals surface area contributed by atoms with Crippen LogP contribution in [0.1, 0.15) is 12.6 Å². The van der Waals surface area contributed by atoms with Crippen LogP contribution in [0.5, 0.6) is 0 Å². The number of nitrogens with one attached hydrogen (secondary N) is 1. The third kappa shape index (κ3) is 2.67. The highest BCUT2D eigenvalue weighted by Gasteiger charge is 2.07. The molecular weight excluding hydrogens is 207 g/mol. The lowest BCUT2D eigenvalue weighted by atomic mass is 10.2. The second kappa shape index (κ2) is 4.91. The number of aromatic nitrogens is 1. The first-order chi connectivity index (χ1) is 6.67. The molecule has 5 heteroatoms. The van der Waals surface area contributed by atoms with Crippen molar-refractivity contribution >= 4 is 23.2 Å². The van der Waals surface area contributed by atoms with Crippen LogP contribution in [0.3, 0.4) is 0 Å². The maximum atomic E-state index is 12.8. The normalized spacial score (nSPS) is 9.93. The molecule has 1 N–H and O–H groups in total. The Hall–Kier alpha value is -1.16. The summed E-state index contributed by atoms with van der Waals surface area (Å²) in [5.74, 6) is -1.000. The lowest BCUT2D eigenvalue weighted by Gasteiger charge is -2.07. The molecule has 0 fully saturated rings. The number of aryl methyl sites for hydroxylation is 1. The highest BCUT2D eigenvalue weighted by atomic mass is 35.5. The minimum absolute atomic E-state index is 0.153. The molecule has 0 unspecified atom stereocenters. The topological polar surface area (TPSA) is 42.0 Å². The van der Waals surface area contributed by atoms with Crippen LogP contribution in [-0.4, -0.2) is 16.8 Å². The molecule has 0 aliphatic rings. The van der Waals surface area contributed by atoms with Crippen LogP contribution >= 0.6 is 11.6 Å². The van der Waals surface area contributed by atoms with Crippen LogP contribution < -0.4 is 5.32 Å². The number of carbonyl (C=O) groups excluding carboxylic acids is 1. The molecule has 0 aliphatic carbocycles. The van der Waals surface area contributed by atoms with Gasteiger partial charge in [0.15, 0.2) is 0 Å². The van der Waals surface area contributed by atoms with E-state index in [0.29, 0.717) is 17.8 Å². The first-order valence-electron chi connectivity index (χ1n) is 4.17. The second-order valence-electron chi connectivity index (χ2n) is 2.68. The Morgan fingerprint density at radius 2 is 2.43 bits per heavy atom. The van der Waals surface area contributed by atoms with Gasteiger partial charge >= 0.3 is 0 Å². The molecular formula is C9H10ClFN2O. The number of rotatable bonds is 3. The SMILES string of the molecule is CCc1ncc(F)cc1NC(=O)CCl. The van der Waals surface area contributed by atoms with E-state index in [1.54, 1.807) is 0 Å². The summed E-state index contributed by atoms with van der Waals surface area (Å²) in [6, 6.07) is 1.23. The number of hydrogen-bond acceptors (Lipinski definition) is 2. The molecule has 0 atom stereocenters. The van der Waals surface area contributed by atoms with Gasteiger partial charge in [-0.2, -0.15) is 0 Å². The molecule has 1 aromatic heterocycles. The van der Waals surface area contributed by atoms with Gasteiger partial charge in [-0.3, -0.25) is 9.78 Å². The zero-order chi connectivity index (χ0) is 10.6. The number of hydrogen-bond donors (Lipinski definition) is 1. The van der Waals surface area contributed by atoms with E-state index >= 15 is 0 Å². The molecule has 0 aromatic carbocycles. The highest BCUT2D eigenvalue weighted by molar-refractivity contribution is 6.29. The smallest absolute Gasteiger partial charge is 0.239 e. The molecule has 1 aromatic rings. The van der Waals surface area contributed by atoms with Gasteiger partial charge in [0.2, 0.25) is 5.91 Å². The van der Waals surface area contributed by atoms with Crippen molar-refractivity contribution in [3.05, 3.63) is 23.8 Å². The summed E-state index contributed by atoms with van der Waals surface area (Å²) in [5, 5.41) is 2.48. The fourth-order valence-electron chi connectivity index (χ4n) is 1.04. The van der Waals surface area contributed by atoms with Crippen LogP contribution in [-0.2, 0) is 11.2 Å². The van der Waals surface area contributed by atoms with Gasteiger partial charge in [0.05, 0.1) is 17.6 Å². The highest BCUT2D eigenvalue weighted by Crippen LogP contribution is 2.14. The van der Waals surface area contributed by atoms with Gasteiger partial charge in [-0.1, -0.05) is 6.92 Å². The minimum atomic E-state index is -0.480. The summed E-state index contributed by atoms with van der Waals surface area (Å²) < 4.78 is 12.8. The van der Waals surface area contributed by atoms with Gasteiger partial charge in [-0.15, -0.1) is 11.6 Å². The van der Waals surface area contributed by atoms with Gasteiger partial charge in [0, 0.05) is 6.07 Å². The number of halogens is 2. The monoisotopic (exact) mass is 216 g/mol. The Morgan fingerprint density at radius 1 is 1.71 bits per heavy atom. The van der Waals surface area contributed by atoms with Crippen molar-refractivity contribution in [3.63, 3.8) is 0 Å². The lowest BCUT2D eigenvalue weighted by Crippen LogP contribution is -2.14. The van der Waals surface area contributed by atoms with Crippen LogP contribution in [0.15, 0.2) is 12.3 Å². The summed E-state index contributed by atoms with van der Waals surface area (Å²) in [6.45, 7) is 1.87. The molecule has 1 rings (SSSR count). The van der Waals surface area contributed by atoms with Crippen LogP contribution in [0.25, 0.3) is 0 Å². The average Bonchev–Trinajstić information content (AvgIpc) is 2.18. The van der Waals surface area contributed by atoms with Crippen molar-refractivity contribution in [2.24, 2.45) is 0 Å². The number of pyridine rings is 1. The third-order valence-electron chi connectivity index (χ3n) is 1.67. The standard InChI is InChI=1S/C9H10ClFN2O/c1-2-7-8(13-9(14)4-10)3-6(11)5-12-7/h3,5H,2,4H2,1H3,(H,13,14). The molecule has 1 heterocycles. The molecule has 0 saturated carbocycles. The number of nitrogens with zero attached hydrogens (tertiary/aromatic N) is 1. The Labute approximate surface area is 86.3 Å². The van der Waals surface area contributed by atoms with E-state index in [-0.39, 0.29) is 11.8 Å². The van der Waals surface area contributed by atoms with Crippen molar-refractivity contribution in [1.29, 1.82) is 0 Å². The molecule has 0 spiro atoms. The van der Waals surface area contributed by atoms with Gasteiger partial charge in [0.25, 0.3) is 0 Å². The first kappa shape index (κ1) is 10.9. The average molecular weight is 217 g/mol. The maximum absolute atomic E-state index is 12.8. The Kier molecular flexibility index (Phi) is 3.83. The number of anilines is 1. The quantitative estimate of drug-likeness (QED) is 0.785. The number of carbonyl (C=O) groups is 1. The molecule has 0 saturated heterocycles. The summed E-state index contributed by atoms with van der Waals surface area (Å²) in [4.78, 5) is 14.8. The van der Waals surface area contributed by atoms with E-state index in [1.165, 1.54) is 6.07 Å². The van der Waals surface area contributed by atoms with Gasteiger partial charge in [-0.25, -0.2) is 4.39 Å². The Balaban J connectivity index is 2.93. The first-order valence-corrected chi connectivity index (χ1v) is 4.71. The molecule has 0 radical (unpaired) electrons. The molecule has 0 aliphatic heterocycles. The van der Waals surface area contributed by atoms with Crippen molar-refractivity contribution in [3.8, 4) is 0 Å². The van der Waals surface area contributed by atoms with Crippen LogP contribution in [0.4, 0.5) is 10.1 Å². The van der Waals surface area contributed by atoms with E-state index in [2.05, 4.69) is 10.3 Å². The molecule has 14 heavy (non-hydrogen) atoms. The van der Waals surface area contributed by atoms with E-state index in [4.69, 9.17) is 11.6 Å². The fourth-order valence-corrected chi connectivity index (χ4v) is 1.11. The Bertz CT molecular complexity index is 344. The summed E-state index contributed by atoms with van der Waals surface area (Å²) in [5.41, 5.74) is 1.03. The van der Waals surface area contributed by atoms with Crippen molar-refractivity contribution < 1.29 is 9.18 Å². The van der Waals surface area contributed by atoms with Gasteiger partial charge < -0.3 is 5.32 Å². The predicted octanol–water partition coefficient (Wildman–Crippen LogP) is 1.96. The van der Waals surface area contributed by atoms with E-state index in [9.17, 15) is 9.18 Å². The molecule has 0 bridgehead atoms. The summed E-state index contributed by atoms with van der Waals surface area (Å²) in [6.07, 6.45) is 1.74. The molecule has 3 nitrogen and oxygen atoms in total. The van der Waals surface area contributed by atoms with Crippen LogP contribution in [0, 0.1) is 5.82 Å². The third-order valence-corrected chi connectivity index (χ3v) is 1.91. The molecule has 1 amide bonds. The predicted molar refractivity (Wildman–Crippen MR) is 52.9 cm³/mol. The number of alkyl halides is 1. The van der Waals surface area contributed by atoms with Crippen LogP contribution in [0.2, 0.25) is 0 Å². The van der Waals surface area contributed by atoms with E-state index in [0.717, 1.165) is 6.20 Å². The zero-order valence-corrected chi connectivity index (χ0v) is 8.44. The summed E-state index contributed by atoms with van der Waals surface area (Å²) in [7, 11) is 0.